The lowest BCUT2D eigenvalue weighted by atomic mass is 9.41. The predicted octanol–water partition coefficient (Wildman–Crippen LogP) is 7.08. The maximum atomic E-state index is 7.56. The summed E-state index contributed by atoms with van der Waals surface area (Å²) in [7, 11) is 1.77. The molecule has 1 aromatic carbocycles. The quantitative estimate of drug-likeness (QED) is 0.565. The molecule has 0 spiro atoms. The predicted molar refractivity (Wildman–Crippen MR) is 130 cm³/mol. The van der Waals surface area contributed by atoms with Gasteiger partial charge in [0.05, 0.1) is 7.11 Å². The third kappa shape index (κ3) is 3.00. The maximum absolute atomic E-state index is 7.56. The monoisotopic (exact) mass is 421 g/mol. The van der Waals surface area contributed by atoms with Gasteiger partial charge in [-0.25, -0.2) is 0 Å². The normalized spacial score (nSPS) is 46.5. The smallest absolute Gasteiger partial charge is 0.126 e. The van der Waals surface area contributed by atoms with E-state index in [0.29, 0.717) is 23.2 Å². The fourth-order valence-electron chi connectivity index (χ4n) is 9.36. The van der Waals surface area contributed by atoms with Crippen molar-refractivity contribution in [3.8, 4) is 5.75 Å². The van der Waals surface area contributed by atoms with Gasteiger partial charge in [0, 0.05) is 11.1 Å². The summed E-state index contributed by atoms with van der Waals surface area (Å²) in [4.78, 5) is 0. The SMILES string of the molecule is C=C(c1ccccc1OC)[C@H]1CCC2[C@]3(N)CC[C@@H]4C[C@@H](C)CC[C@]4(C)C3CC[C@@]21C. The second kappa shape index (κ2) is 7.37. The lowest BCUT2D eigenvalue weighted by Gasteiger charge is -2.65. The number of hydrogen-bond donors (Lipinski definition) is 1. The van der Waals surface area contributed by atoms with E-state index >= 15 is 0 Å². The van der Waals surface area contributed by atoms with E-state index in [1.54, 1.807) is 7.11 Å². The van der Waals surface area contributed by atoms with Crippen molar-refractivity contribution in [3.63, 3.8) is 0 Å². The lowest BCUT2D eigenvalue weighted by Crippen LogP contribution is -2.68. The van der Waals surface area contributed by atoms with Crippen LogP contribution in [0.15, 0.2) is 30.8 Å². The third-order valence-corrected chi connectivity index (χ3v) is 11.0. The number of rotatable bonds is 3. The molecule has 0 heterocycles. The zero-order valence-electron chi connectivity index (χ0n) is 20.3. The van der Waals surface area contributed by atoms with E-state index in [2.05, 4.69) is 51.6 Å². The number of hydrogen-bond acceptors (Lipinski definition) is 2. The van der Waals surface area contributed by atoms with Crippen LogP contribution in [0.5, 0.6) is 5.75 Å². The van der Waals surface area contributed by atoms with E-state index in [4.69, 9.17) is 10.5 Å². The van der Waals surface area contributed by atoms with Crippen LogP contribution in [-0.2, 0) is 0 Å². The molecule has 2 heteroatoms. The Morgan fingerprint density at radius 1 is 0.968 bits per heavy atom. The summed E-state index contributed by atoms with van der Waals surface area (Å²) in [6, 6.07) is 8.43. The Hall–Kier alpha value is -1.28. The first kappa shape index (κ1) is 21.6. The molecule has 8 atom stereocenters. The van der Waals surface area contributed by atoms with E-state index in [0.717, 1.165) is 17.6 Å². The van der Waals surface area contributed by atoms with Crippen LogP contribution in [0.25, 0.3) is 5.57 Å². The Morgan fingerprint density at radius 3 is 2.45 bits per heavy atom. The van der Waals surface area contributed by atoms with E-state index in [1.807, 2.05) is 0 Å². The Balaban J connectivity index is 1.46. The second-order valence-corrected chi connectivity index (χ2v) is 12.2. The summed E-state index contributed by atoms with van der Waals surface area (Å²) in [5.41, 5.74) is 10.8. The van der Waals surface area contributed by atoms with Gasteiger partial charge >= 0.3 is 0 Å². The summed E-state index contributed by atoms with van der Waals surface area (Å²) in [6.07, 6.45) is 11.9. The van der Waals surface area contributed by atoms with E-state index < -0.39 is 0 Å². The van der Waals surface area contributed by atoms with Gasteiger partial charge in [-0.1, -0.05) is 52.0 Å². The summed E-state index contributed by atoms with van der Waals surface area (Å²) < 4.78 is 5.70. The minimum Gasteiger partial charge on any atom is -0.496 e. The van der Waals surface area contributed by atoms with Crippen LogP contribution in [0.3, 0.4) is 0 Å². The third-order valence-electron chi connectivity index (χ3n) is 11.0. The molecule has 2 unspecified atom stereocenters. The molecule has 2 nitrogen and oxygen atoms in total. The van der Waals surface area contributed by atoms with Crippen molar-refractivity contribution in [1.82, 2.24) is 0 Å². The van der Waals surface area contributed by atoms with Crippen LogP contribution >= 0.6 is 0 Å². The Bertz CT molecular complexity index is 862. The molecule has 0 amide bonds. The first-order chi connectivity index (χ1) is 14.7. The van der Waals surface area contributed by atoms with E-state index in [1.165, 1.54) is 68.9 Å². The summed E-state index contributed by atoms with van der Waals surface area (Å²) in [5, 5.41) is 0. The van der Waals surface area contributed by atoms with Gasteiger partial charge in [-0.2, -0.15) is 0 Å². The van der Waals surface area contributed by atoms with Gasteiger partial charge in [0.2, 0.25) is 0 Å². The first-order valence-corrected chi connectivity index (χ1v) is 12.8. The van der Waals surface area contributed by atoms with E-state index in [9.17, 15) is 0 Å². The van der Waals surface area contributed by atoms with Crippen LogP contribution in [0, 0.1) is 40.4 Å². The zero-order chi connectivity index (χ0) is 22.0. The molecule has 1 aromatic rings. The van der Waals surface area contributed by atoms with Gasteiger partial charge in [-0.05, 0) is 103 Å². The van der Waals surface area contributed by atoms with Gasteiger partial charge in [0.15, 0.2) is 0 Å². The van der Waals surface area contributed by atoms with E-state index in [-0.39, 0.29) is 11.0 Å². The highest BCUT2D eigenvalue weighted by Crippen LogP contribution is 2.69. The fourth-order valence-corrected chi connectivity index (χ4v) is 9.36. The summed E-state index contributed by atoms with van der Waals surface area (Å²) in [6.45, 7) is 12.3. The van der Waals surface area contributed by atoms with Gasteiger partial charge in [-0.3, -0.25) is 0 Å². The highest BCUT2D eigenvalue weighted by molar-refractivity contribution is 5.71. The molecule has 4 aliphatic rings. The average Bonchev–Trinajstić information content (AvgIpc) is 3.12. The summed E-state index contributed by atoms with van der Waals surface area (Å²) >= 11 is 0. The number of methoxy groups -OCH3 is 1. The average molecular weight is 422 g/mol. The molecule has 0 aromatic heterocycles. The number of para-hydroxylation sites is 1. The molecule has 5 rings (SSSR count). The fraction of sp³-hybridized carbons (Fsp3) is 0.724. The standard InChI is InChI=1S/C29H43NO/c1-19-12-15-27(3)21(18-19)13-17-29(30)25-11-10-23(28(25,4)16-14-26(27)29)20(2)22-8-6-7-9-24(22)31-5/h6-9,19,21,23,25-26H,2,10-18,30H2,1,3-5H3/t19-,21+,23+,25?,26?,27-,28+,29+/m0/s1. The molecule has 0 aliphatic heterocycles. The zero-order valence-corrected chi connectivity index (χ0v) is 20.3. The molecule has 4 saturated carbocycles. The molecule has 0 saturated heterocycles. The molecular formula is C29H43NO. The van der Waals surface area contributed by atoms with Crippen molar-refractivity contribution >= 4 is 5.57 Å². The number of fused-ring (bicyclic) bond motifs is 5. The molecule has 2 N–H and O–H groups in total. The number of ether oxygens (including phenoxy) is 1. The van der Waals surface area contributed by atoms with Crippen LogP contribution in [0.4, 0.5) is 0 Å². The molecule has 4 fully saturated rings. The molecule has 170 valence electrons. The molecule has 31 heavy (non-hydrogen) atoms. The van der Waals surface area contributed by atoms with Crippen molar-refractivity contribution in [2.45, 2.75) is 84.1 Å². The molecule has 4 aliphatic carbocycles. The van der Waals surface area contributed by atoms with Crippen LogP contribution < -0.4 is 10.5 Å². The Labute approximate surface area is 190 Å². The van der Waals surface area contributed by atoms with Crippen molar-refractivity contribution < 1.29 is 4.74 Å². The Morgan fingerprint density at radius 2 is 1.68 bits per heavy atom. The number of benzene rings is 1. The minimum absolute atomic E-state index is 0.00856. The van der Waals surface area contributed by atoms with Crippen molar-refractivity contribution in [3.05, 3.63) is 36.4 Å². The number of nitrogens with two attached hydrogens (primary N) is 1. The van der Waals surface area contributed by atoms with Crippen LogP contribution in [0.2, 0.25) is 0 Å². The van der Waals surface area contributed by atoms with Crippen LogP contribution in [0.1, 0.15) is 84.1 Å². The van der Waals surface area contributed by atoms with Crippen molar-refractivity contribution in [2.24, 2.45) is 46.2 Å². The topological polar surface area (TPSA) is 35.2 Å². The van der Waals surface area contributed by atoms with Gasteiger partial charge in [0.25, 0.3) is 0 Å². The van der Waals surface area contributed by atoms with Crippen LogP contribution in [-0.4, -0.2) is 12.6 Å². The summed E-state index contributed by atoms with van der Waals surface area (Å²) in [5.74, 6) is 4.57. The van der Waals surface area contributed by atoms with Gasteiger partial charge in [-0.15, -0.1) is 0 Å². The van der Waals surface area contributed by atoms with Crippen molar-refractivity contribution in [1.29, 1.82) is 0 Å². The molecule has 0 radical (unpaired) electrons. The minimum atomic E-state index is 0.00856. The maximum Gasteiger partial charge on any atom is 0.126 e. The van der Waals surface area contributed by atoms with Crippen molar-refractivity contribution in [2.75, 3.05) is 7.11 Å². The van der Waals surface area contributed by atoms with Gasteiger partial charge < -0.3 is 10.5 Å². The highest BCUT2D eigenvalue weighted by Gasteiger charge is 2.65. The molecular weight excluding hydrogens is 378 g/mol. The first-order valence-electron chi connectivity index (χ1n) is 12.8. The second-order valence-electron chi connectivity index (χ2n) is 12.2. The Kier molecular flexibility index (Phi) is 5.13. The largest absolute Gasteiger partial charge is 0.496 e. The van der Waals surface area contributed by atoms with Gasteiger partial charge in [0.1, 0.15) is 5.75 Å². The number of allylic oxidation sites excluding steroid dienone is 1. The lowest BCUT2D eigenvalue weighted by molar-refractivity contribution is -0.128. The highest BCUT2D eigenvalue weighted by atomic mass is 16.5. The molecule has 0 bridgehead atoms.